The summed E-state index contributed by atoms with van der Waals surface area (Å²) in [6.45, 7) is 2.51. The van der Waals surface area contributed by atoms with E-state index >= 15 is 0 Å². The van der Waals surface area contributed by atoms with Gasteiger partial charge in [-0.3, -0.25) is 4.79 Å². The fourth-order valence-electron chi connectivity index (χ4n) is 3.06. The van der Waals surface area contributed by atoms with Crippen LogP contribution in [0.3, 0.4) is 0 Å². The summed E-state index contributed by atoms with van der Waals surface area (Å²) in [6.07, 6.45) is 0. The molecule has 0 radical (unpaired) electrons. The van der Waals surface area contributed by atoms with Crippen molar-refractivity contribution in [2.24, 2.45) is 0 Å². The first-order valence-corrected chi connectivity index (χ1v) is 8.11. The molecule has 1 saturated heterocycles. The lowest BCUT2D eigenvalue weighted by atomic mass is 10.1. The number of piperazine rings is 1. The lowest BCUT2D eigenvalue weighted by molar-refractivity contribution is 0.0743. The average molecular weight is 336 g/mol. The van der Waals surface area contributed by atoms with E-state index in [9.17, 15) is 10.1 Å². The average Bonchev–Trinajstić information content (AvgIpc) is 2.67. The number of carbonyl (C=O) groups is 1. The number of nitrogens with two attached hydrogens (primary N) is 1. The van der Waals surface area contributed by atoms with Gasteiger partial charge in [-0.1, -0.05) is 12.1 Å². The van der Waals surface area contributed by atoms with Crippen LogP contribution in [0.4, 0.5) is 11.4 Å². The molecule has 1 aliphatic rings. The fraction of sp³-hybridized carbons (Fsp3) is 0.263. The Morgan fingerprint density at radius 3 is 2.56 bits per heavy atom. The number of amides is 1. The Labute approximate surface area is 147 Å². The molecule has 1 heterocycles. The minimum absolute atomic E-state index is 0.0325. The summed E-state index contributed by atoms with van der Waals surface area (Å²) in [5, 5.41) is 9.31. The number of hydrogen-bond donors (Lipinski definition) is 1. The Morgan fingerprint density at radius 2 is 1.88 bits per heavy atom. The predicted octanol–water partition coefficient (Wildman–Crippen LogP) is 2.11. The van der Waals surface area contributed by atoms with Crippen molar-refractivity contribution in [1.82, 2.24) is 4.90 Å². The molecule has 0 aliphatic carbocycles. The second-order valence-electron chi connectivity index (χ2n) is 5.87. The topological polar surface area (TPSA) is 82.6 Å². The molecule has 2 N–H and O–H groups in total. The van der Waals surface area contributed by atoms with E-state index in [0.717, 1.165) is 5.69 Å². The molecule has 25 heavy (non-hydrogen) atoms. The van der Waals surface area contributed by atoms with Crippen molar-refractivity contribution in [3.63, 3.8) is 0 Å². The minimum Gasteiger partial charge on any atom is -0.496 e. The number of anilines is 2. The molecule has 0 unspecified atom stereocenters. The largest absolute Gasteiger partial charge is 0.496 e. The molecule has 2 aromatic carbocycles. The Balaban J connectivity index is 1.72. The third kappa shape index (κ3) is 3.36. The molecule has 6 nitrogen and oxygen atoms in total. The molecular formula is C19H20N4O2. The van der Waals surface area contributed by atoms with Crippen molar-refractivity contribution in [1.29, 1.82) is 5.26 Å². The number of rotatable bonds is 3. The van der Waals surface area contributed by atoms with Gasteiger partial charge in [0.25, 0.3) is 5.91 Å². The lowest BCUT2D eigenvalue weighted by Crippen LogP contribution is -2.49. The van der Waals surface area contributed by atoms with Crippen molar-refractivity contribution in [3.05, 3.63) is 53.6 Å². The molecule has 0 spiro atoms. The first-order valence-electron chi connectivity index (χ1n) is 8.11. The smallest absolute Gasteiger partial charge is 0.257 e. The van der Waals surface area contributed by atoms with Crippen LogP contribution in [0.2, 0.25) is 0 Å². The SMILES string of the molecule is COc1ccccc1C(=O)N1CCN(c2ccc(N)cc2C#N)CC1. The van der Waals surface area contributed by atoms with Gasteiger partial charge in [0.15, 0.2) is 0 Å². The van der Waals surface area contributed by atoms with E-state index in [1.165, 1.54) is 0 Å². The van der Waals surface area contributed by atoms with Gasteiger partial charge in [0.05, 0.1) is 23.9 Å². The van der Waals surface area contributed by atoms with Gasteiger partial charge in [-0.15, -0.1) is 0 Å². The number of nitriles is 1. The van der Waals surface area contributed by atoms with Crippen LogP contribution in [-0.2, 0) is 0 Å². The van der Waals surface area contributed by atoms with Gasteiger partial charge in [0.2, 0.25) is 0 Å². The number of ether oxygens (including phenoxy) is 1. The molecule has 1 fully saturated rings. The zero-order valence-corrected chi connectivity index (χ0v) is 14.1. The molecule has 6 heteroatoms. The Morgan fingerprint density at radius 1 is 1.16 bits per heavy atom. The summed E-state index contributed by atoms with van der Waals surface area (Å²) in [5.74, 6) is 0.551. The highest BCUT2D eigenvalue weighted by Crippen LogP contribution is 2.25. The van der Waals surface area contributed by atoms with Crippen LogP contribution >= 0.6 is 0 Å². The second kappa shape index (κ2) is 7.14. The normalized spacial score (nSPS) is 14.1. The van der Waals surface area contributed by atoms with E-state index < -0.39 is 0 Å². The third-order valence-electron chi connectivity index (χ3n) is 4.39. The molecule has 0 saturated carbocycles. The highest BCUT2D eigenvalue weighted by Gasteiger charge is 2.25. The Kier molecular flexibility index (Phi) is 4.75. The van der Waals surface area contributed by atoms with Crippen molar-refractivity contribution < 1.29 is 9.53 Å². The standard InChI is InChI=1S/C19H20N4O2/c1-25-18-5-3-2-4-16(18)19(24)23-10-8-22(9-11-23)17-7-6-15(21)12-14(17)13-20/h2-7,12H,8-11,21H2,1H3. The van der Waals surface area contributed by atoms with Crippen LogP contribution in [0, 0.1) is 11.3 Å². The van der Waals surface area contributed by atoms with Crippen LogP contribution in [0.1, 0.15) is 15.9 Å². The molecule has 0 bridgehead atoms. The van der Waals surface area contributed by atoms with E-state index in [2.05, 4.69) is 11.0 Å². The summed E-state index contributed by atoms with van der Waals surface area (Å²) < 4.78 is 5.28. The number of benzene rings is 2. The monoisotopic (exact) mass is 336 g/mol. The summed E-state index contributed by atoms with van der Waals surface area (Å²) >= 11 is 0. The van der Waals surface area contributed by atoms with Crippen LogP contribution < -0.4 is 15.4 Å². The van der Waals surface area contributed by atoms with Gasteiger partial charge in [-0.25, -0.2) is 0 Å². The number of carbonyl (C=O) groups excluding carboxylic acids is 1. The molecule has 2 aromatic rings. The van der Waals surface area contributed by atoms with E-state index in [1.807, 2.05) is 23.1 Å². The van der Waals surface area contributed by atoms with E-state index in [4.69, 9.17) is 10.5 Å². The number of methoxy groups -OCH3 is 1. The van der Waals surface area contributed by atoms with Gasteiger partial charge in [0, 0.05) is 31.9 Å². The zero-order chi connectivity index (χ0) is 17.8. The first kappa shape index (κ1) is 16.7. The van der Waals surface area contributed by atoms with Crippen LogP contribution in [0.5, 0.6) is 5.75 Å². The fourth-order valence-corrected chi connectivity index (χ4v) is 3.06. The zero-order valence-electron chi connectivity index (χ0n) is 14.1. The second-order valence-corrected chi connectivity index (χ2v) is 5.87. The van der Waals surface area contributed by atoms with Crippen LogP contribution in [0.25, 0.3) is 0 Å². The summed E-state index contributed by atoms with van der Waals surface area (Å²) in [7, 11) is 1.56. The van der Waals surface area contributed by atoms with Gasteiger partial charge >= 0.3 is 0 Å². The molecular weight excluding hydrogens is 316 g/mol. The number of para-hydroxylation sites is 1. The van der Waals surface area contributed by atoms with E-state index in [1.54, 1.807) is 31.4 Å². The van der Waals surface area contributed by atoms with Crippen LogP contribution in [-0.4, -0.2) is 44.1 Å². The molecule has 0 atom stereocenters. The first-order chi connectivity index (χ1) is 12.1. The van der Waals surface area contributed by atoms with Crippen LogP contribution in [0.15, 0.2) is 42.5 Å². The van der Waals surface area contributed by atoms with E-state index in [-0.39, 0.29) is 5.91 Å². The highest BCUT2D eigenvalue weighted by molar-refractivity contribution is 5.97. The maximum Gasteiger partial charge on any atom is 0.257 e. The molecule has 1 amide bonds. The van der Waals surface area contributed by atoms with Gasteiger partial charge < -0.3 is 20.3 Å². The maximum absolute atomic E-state index is 12.7. The number of hydrogen-bond acceptors (Lipinski definition) is 5. The van der Waals surface area contributed by atoms with Gasteiger partial charge in [-0.05, 0) is 30.3 Å². The van der Waals surface area contributed by atoms with Crippen molar-refractivity contribution in [3.8, 4) is 11.8 Å². The number of nitrogen functional groups attached to an aromatic ring is 1. The highest BCUT2D eigenvalue weighted by atomic mass is 16.5. The van der Waals surface area contributed by atoms with Crippen molar-refractivity contribution in [2.45, 2.75) is 0 Å². The summed E-state index contributed by atoms with van der Waals surface area (Å²) in [4.78, 5) is 16.7. The quantitative estimate of drug-likeness (QED) is 0.868. The molecule has 0 aromatic heterocycles. The summed E-state index contributed by atoms with van der Waals surface area (Å²) in [6, 6.07) is 14.8. The van der Waals surface area contributed by atoms with Crippen molar-refractivity contribution >= 4 is 17.3 Å². The Hall–Kier alpha value is -3.20. The molecule has 128 valence electrons. The van der Waals surface area contributed by atoms with Gasteiger partial charge in [0.1, 0.15) is 11.8 Å². The van der Waals surface area contributed by atoms with E-state index in [0.29, 0.717) is 48.7 Å². The minimum atomic E-state index is -0.0325. The lowest BCUT2D eigenvalue weighted by Gasteiger charge is -2.36. The summed E-state index contributed by atoms with van der Waals surface area (Å²) in [5.41, 5.74) is 8.32. The predicted molar refractivity (Wildman–Crippen MR) is 96.7 cm³/mol. The molecule has 1 aliphatic heterocycles. The maximum atomic E-state index is 12.7. The Bertz CT molecular complexity index is 820. The third-order valence-corrected chi connectivity index (χ3v) is 4.39. The number of nitrogens with zero attached hydrogens (tertiary/aromatic N) is 3. The van der Waals surface area contributed by atoms with Crippen molar-refractivity contribution in [2.75, 3.05) is 43.9 Å². The molecule has 3 rings (SSSR count). The van der Waals surface area contributed by atoms with Gasteiger partial charge in [-0.2, -0.15) is 5.26 Å².